The molecule has 0 bridgehead atoms. The number of benzene rings is 1. The van der Waals surface area contributed by atoms with E-state index in [4.69, 9.17) is 0 Å². The Balaban J connectivity index is 1.67. The molecular formula is C17H28N2O2S. The van der Waals surface area contributed by atoms with Gasteiger partial charge in [0.2, 0.25) is 0 Å². The van der Waals surface area contributed by atoms with E-state index in [0.29, 0.717) is 18.5 Å². The SMILES string of the molecule is CC(CNC1CCN(CCS(C)(=O)=O)CC1)c1ccccc1. The summed E-state index contributed by atoms with van der Waals surface area (Å²) in [5.41, 5.74) is 1.38. The van der Waals surface area contributed by atoms with Crippen molar-refractivity contribution < 1.29 is 8.42 Å². The predicted molar refractivity (Wildman–Crippen MR) is 92.0 cm³/mol. The monoisotopic (exact) mass is 324 g/mol. The molecule has 22 heavy (non-hydrogen) atoms. The molecule has 1 aromatic rings. The highest BCUT2D eigenvalue weighted by Gasteiger charge is 2.20. The molecule has 1 heterocycles. The first kappa shape index (κ1) is 17.4. The highest BCUT2D eigenvalue weighted by atomic mass is 32.2. The number of rotatable bonds is 7. The molecule has 124 valence electrons. The molecular weight excluding hydrogens is 296 g/mol. The van der Waals surface area contributed by atoms with Crippen molar-refractivity contribution in [2.45, 2.75) is 31.7 Å². The first-order chi connectivity index (χ1) is 10.4. The van der Waals surface area contributed by atoms with Crippen molar-refractivity contribution in [3.8, 4) is 0 Å². The van der Waals surface area contributed by atoms with Crippen LogP contribution in [0.2, 0.25) is 0 Å². The van der Waals surface area contributed by atoms with Gasteiger partial charge in [-0.15, -0.1) is 0 Å². The summed E-state index contributed by atoms with van der Waals surface area (Å²) in [5.74, 6) is 0.792. The number of sulfone groups is 1. The van der Waals surface area contributed by atoms with Crippen LogP contribution in [0.4, 0.5) is 0 Å². The lowest BCUT2D eigenvalue weighted by Gasteiger charge is -2.32. The molecule has 1 aliphatic heterocycles. The smallest absolute Gasteiger partial charge is 0.148 e. The normalized spacial score (nSPS) is 19.2. The maximum absolute atomic E-state index is 11.2. The largest absolute Gasteiger partial charge is 0.313 e. The van der Waals surface area contributed by atoms with Gasteiger partial charge in [-0.2, -0.15) is 0 Å². The van der Waals surface area contributed by atoms with Gasteiger partial charge in [-0.05, 0) is 37.4 Å². The molecule has 1 aromatic carbocycles. The van der Waals surface area contributed by atoms with Crippen molar-refractivity contribution in [1.82, 2.24) is 10.2 Å². The lowest BCUT2D eigenvalue weighted by Crippen LogP contribution is -2.44. The second-order valence-corrected chi connectivity index (χ2v) is 8.73. The zero-order valence-corrected chi connectivity index (χ0v) is 14.5. The molecule has 0 aromatic heterocycles. The topological polar surface area (TPSA) is 49.4 Å². The fourth-order valence-corrected chi connectivity index (χ4v) is 3.49. The highest BCUT2D eigenvalue weighted by molar-refractivity contribution is 7.90. The van der Waals surface area contributed by atoms with E-state index in [2.05, 4.69) is 47.5 Å². The third-order valence-electron chi connectivity index (χ3n) is 4.45. The molecule has 5 heteroatoms. The van der Waals surface area contributed by atoms with Crippen LogP contribution in [0.3, 0.4) is 0 Å². The molecule has 2 rings (SSSR count). The van der Waals surface area contributed by atoms with Gasteiger partial charge in [0.05, 0.1) is 5.75 Å². The molecule has 0 saturated carbocycles. The van der Waals surface area contributed by atoms with Crippen molar-refractivity contribution in [2.75, 3.05) is 38.2 Å². The lowest BCUT2D eigenvalue weighted by atomic mass is 9.99. The van der Waals surface area contributed by atoms with E-state index in [-0.39, 0.29) is 5.75 Å². The second-order valence-electron chi connectivity index (χ2n) is 6.47. The fourth-order valence-electron chi connectivity index (χ4n) is 2.90. The minimum absolute atomic E-state index is 0.274. The summed E-state index contributed by atoms with van der Waals surface area (Å²) in [5, 5.41) is 3.67. The number of hydrogen-bond acceptors (Lipinski definition) is 4. The minimum atomic E-state index is -2.85. The zero-order chi connectivity index (χ0) is 16.0. The van der Waals surface area contributed by atoms with Gasteiger partial charge in [0.1, 0.15) is 9.84 Å². The summed E-state index contributed by atoms with van der Waals surface area (Å²) in [6, 6.07) is 11.1. The molecule has 1 unspecified atom stereocenters. The first-order valence-corrected chi connectivity index (χ1v) is 10.2. The maximum atomic E-state index is 11.2. The van der Waals surface area contributed by atoms with Gasteiger partial charge in [0, 0.05) is 25.4 Å². The quantitative estimate of drug-likeness (QED) is 0.832. The lowest BCUT2D eigenvalue weighted by molar-refractivity contribution is 0.206. The van der Waals surface area contributed by atoms with Crippen LogP contribution in [-0.4, -0.2) is 57.5 Å². The third-order valence-corrected chi connectivity index (χ3v) is 5.37. The Morgan fingerprint density at radius 1 is 1.23 bits per heavy atom. The van der Waals surface area contributed by atoms with Crippen molar-refractivity contribution in [3.63, 3.8) is 0 Å². The van der Waals surface area contributed by atoms with E-state index < -0.39 is 9.84 Å². The van der Waals surface area contributed by atoms with Crippen molar-refractivity contribution >= 4 is 9.84 Å². The number of nitrogens with one attached hydrogen (secondary N) is 1. The molecule has 1 N–H and O–H groups in total. The highest BCUT2D eigenvalue weighted by Crippen LogP contribution is 2.15. The Labute approximate surface area is 134 Å². The standard InChI is InChI=1S/C17H28N2O2S/c1-15(16-6-4-3-5-7-16)14-18-17-8-10-19(11-9-17)12-13-22(2,20)21/h3-7,15,17-18H,8-14H2,1-2H3. The van der Waals surface area contributed by atoms with Crippen molar-refractivity contribution in [1.29, 1.82) is 0 Å². The molecule has 1 atom stereocenters. The van der Waals surface area contributed by atoms with Gasteiger partial charge in [-0.3, -0.25) is 0 Å². The average Bonchev–Trinajstić information content (AvgIpc) is 2.52. The van der Waals surface area contributed by atoms with Gasteiger partial charge in [0.15, 0.2) is 0 Å². The van der Waals surface area contributed by atoms with Gasteiger partial charge < -0.3 is 10.2 Å². The Kier molecular flexibility index (Phi) is 6.41. The van der Waals surface area contributed by atoms with Crippen LogP contribution in [0.25, 0.3) is 0 Å². The zero-order valence-electron chi connectivity index (χ0n) is 13.7. The summed E-state index contributed by atoms with van der Waals surface area (Å²) in [4.78, 5) is 2.26. The molecule has 0 aliphatic carbocycles. The molecule has 0 spiro atoms. The number of nitrogens with zero attached hydrogens (tertiary/aromatic N) is 1. The first-order valence-electron chi connectivity index (χ1n) is 8.12. The van der Waals surface area contributed by atoms with E-state index in [1.165, 1.54) is 11.8 Å². The molecule has 1 fully saturated rings. The van der Waals surface area contributed by atoms with E-state index in [1.807, 2.05) is 0 Å². The van der Waals surface area contributed by atoms with Gasteiger partial charge in [-0.25, -0.2) is 8.42 Å². The molecule has 0 radical (unpaired) electrons. The summed E-state index contributed by atoms with van der Waals surface area (Å²) in [6.07, 6.45) is 3.52. The molecule has 4 nitrogen and oxygen atoms in total. The second kappa shape index (κ2) is 8.09. The summed E-state index contributed by atoms with van der Waals surface area (Å²) in [6.45, 7) is 5.91. The Hall–Kier alpha value is -0.910. The van der Waals surface area contributed by atoms with Gasteiger partial charge in [0.25, 0.3) is 0 Å². The Morgan fingerprint density at radius 3 is 2.45 bits per heavy atom. The number of likely N-dealkylation sites (tertiary alicyclic amines) is 1. The van der Waals surface area contributed by atoms with E-state index in [9.17, 15) is 8.42 Å². The van der Waals surface area contributed by atoms with Crippen LogP contribution < -0.4 is 5.32 Å². The van der Waals surface area contributed by atoms with Crippen LogP contribution in [0.15, 0.2) is 30.3 Å². The van der Waals surface area contributed by atoms with E-state index in [1.54, 1.807) is 0 Å². The van der Waals surface area contributed by atoms with E-state index >= 15 is 0 Å². The Bertz CT molecular complexity index is 537. The Morgan fingerprint density at radius 2 is 1.86 bits per heavy atom. The minimum Gasteiger partial charge on any atom is -0.313 e. The number of hydrogen-bond donors (Lipinski definition) is 1. The fraction of sp³-hybridized carbons (Fsp3) is 0.647. The van der Waals surface area contributed by atoms with Crippen LogP contribution in [-0.2, 0) is 9.84 Å². The summed E-state index contributed by atoms with van der Waals surface area (Å²) in [7, 11) is -2.85. The van der Waals surface area contributed by atoms with Crippen LogP contribution in [0, 0.1) is 0 Å². The van der Waals surface area contributed by atoms with Crippen LogP contribution in [0.5, 0.6) is 0 Å². The van der Waals surface area contributed by atoms with Crippen molar-refractivity contribution in [2.24, 2.45) is 0 Å². The summed E-state index contributed by atoms with van der Waals surface area (Å²) < 4.78 is 22.4. The predicted octanol–water partition coefficient (Wildman–Crippen LogP) is 1.89. The maximum Gasteiger partial charge on any atom is 0.148 e. The van der Waals surface area contributed by atoms with Crippen LogP contribution in [0.1, 0.15) is 31.2 Å². The number of piperidine rings is 1. The molecule has 0 amide bonds. The third kappa shape index (κ3) is 6.07. The van der Waals surface area contributed by atoms with Crippen LogP contribution >= 0.6 is 0 Å². The van der Waals surface area contributed by atoms with Crippen molar-refractivity contribution in [3.05, 3.63) is 35.9 Å². The molecule has 1 aliphatic rings. The summed E-state index contributed by atoms with van der Waals surface area (Å²) >= 11 is 0. The molecule has 1 saturated heterocycles. The average molecular weight is 324 g/mol. The van der Waals surface area contributed by atoms with Gasteiger partial charge >= 0.3 is 0 Å². The van der Waals surface area contributed by atoms with Gasteiger partial charge in [-0.1, -0.05) is 37.3 Å². The van der Waals surface area contributed by atoms with E-state index in [0.717, 1.165) is 32.5 Å².